The van der Waals surface area contributed by atoms with E-state index in [1.54, 1.807) is 6.07 Å². The van der Waals surface area contributed by atoms with Crippen molar-refractivity contribution in [2.45, 2.75) is 50.7 Å². The molecular formula is C13H22N2O3S2. The zero-order chi connectivity index (χ0) is 14.8. The third-order valence-corrected chi connectivity index (χ3v) is 5.98. The van der Waals surface area contributed by atoms with Crippen LogP contribution in [0.4, 0.5) is 0 Å². The second-order valence-electron chi connectivity index (χ2n) is 5.35. The van der Waals surface area contributed by atoms with E-state index in [0.29, 0.717) is 30.7 Å². The number of hydrogen-bond acceptors (Lipinski definition) is 5. The molecule has 2 rings (SSSR count). The van der Waals surface area contributed by atoms with Gasteiger partial charge in [0.15, 0.2) is 0 Å². The summed E-state index contributed by atoms with van der Waals surface area (Å²) in [5.74, 6) is 0. The Hall–Kier alpha value is -0.470. The second kappa shape index (κ2) is 6.53. The normalized spacial score (nSPS) is 19.9. The lowest BCUT2D eigenvalue weighted by atomic mass is 10.3. The van der Waals surface area contributed by atoms with E-state index in [1.807, 2.05) is 6.92 Å². The van der Waals surface area contributed by atoms with Crippen LogP contribution in [0.5, 0.6) is 0 Å². The highest BCUT2D eigenvalue weighted by Gasteiger charge is 2.26. The first kappa shape index (κ1) is 15.9. The van der Waals surface area contributed by atoms with Crippen molar-refractivity contribution in [2.24, 2.45) is 0 Å². The topological polar surface area (TPSA) is 67.4 Å². The van der Waals surface area contributed by atoms with E-state index in [0.717, 1.165) is 16.2 Å². The highest BCUT2D eigenvalue weighted by Crippen LogP contribution is 2.26. The molecule has 0 amide bonds. The van der Waals surface area contributed by atoms with Crippen LogP contribution in [-0.2, 0) is 21.3 Å². The van der Waals surface area contributed by atoms with E-state index in [4.69, 9.17) is 4.74 Å². The number of thiophene rings is 1. The SMILES string of the molecule is Cc1sc(CNC(C)C)cc1S(=O)(=O)NC1CCOC1. The van der Waals surface area contributed by atoms with E-state index >= 15 is 0 Å². The lowest BCUT2D eigenvalue weighted by Crippen LogP contribution is -2.35. The summed E-state index contributed by atoms with van der Waals surface area (Å²) in [6, 6.07) is 2.05. The molecule has 0 bridgehead atoms. The second-order valence-corrected chi connectivity index (χ2v) is 8.37. The highest BCUT2D eigenvalue weighted by atomic mass is 32.2. The first-order valence-electron chi connectivity index (χ1n) is 6.81. The Morgan fingerprint density at radius 2 is 2.25 bits per heavy atom. The summed E-state index contributed by atoms with van der Waals surface area (Å²) in [6.45, 7) is 7.78. The minimum Gasteiger partial charge on any atom is -0.380 e. The lowest BCUT2D eigenvalue weighted by molar-refractivity contribution is 0.192. The third kappa shape index (κ3) is 4.02. The Balaban J connectivity index is 2.10. The van der Waals surface area contributed by atoms with Crippen LogP contribution < -0.4 is 10.0 Å². The fraction of sp³-hybridized carbons (Fsp3) is 0.692. The molecule has 1 unspecified atom stereocenters. The van der Waals surface area contributed by atoms with Crippen LogP contribution in [0.25, 0.3) is 0 Å². The van der Waals surface area contributed by atoms with Crippen LogP contribution >= 0.6 is 11.3 Å². The van der Waals surface area contributed by atoms with Crippen molar-refractivity contribution < 1.29 is 13.2 Å². The van der Waals surface area contributed by atoms with Crippen molar-refractivity contribution in [3.63, 3.8) is 0 Å². The predicted octanol–water partition coefficient (Wildman–Crippen LogP) is 1.62. The van der Waals surface area contributed by atoms with Crippen molar-refractivity contribution in [3.05, 3.63) is 15.8 Å². The average molecular weight is 318 g/mol. The first-order chi connectivity index (χ1) is 9.38. The predicted molar refractivity (Wildman–Crippen MR) is 80.6 cm³/mol. The molecule has 1 saturated heterocycles. The van der Waals surface area contributed by atoms with Crippen LogP contribution in [0.1, 0.15) is 30.0 Å². The minimum atomic E-state index is -3.44. The van der Waals surface area contributed by atoms with Crippen molar-refractivity contribution in [3.8, 4) is 0 Å². The van der Waals surface area contributed by atoms with Crippen molar-refractivity contribution in [1.82, 2.24) is 10.0 Å². The number of nitrogens with one attached hydrogen (secondary N) is 2. The van der Waals surface area contributed by atoms with Crippen LogP contribution in [0.15, 0.2) is 11.0 Å². The van der Waals surface area contributed by atoms with Gasteiger partial charge >= 0.3 is 0 Å². The van der Waals surface area contributed by atoms with Crippen LogP contribution in [0, 0.1) is 6.92 Å². The van der Waals surface area contributed by atoms with E-state index in [2.05, 4.69) is 23.9 Å². The van der Waals surface area contributed by atoms with E-state index in [1.165, 1.54) is 11.3 Å². The summed E-state index contributed by atoms with van der Waals surface area (Å²) in [4.78, 5) is 2.27. The summed E-state index contributed by atoms with van der Waals surface area (Å²) < 4.78 is 32.7. The molecule has 1 aromatic heterocycles. The molecule has 1 aromatic rings. The quantitative estimate of drug-likeness (QED) is 0.836. The molecule has 114 valence electrons. The minimum absolute atomic E-state index is 0.100. The Bertz CT molecular complexity index is 546. The molecule has 0 radical (unpaired) electrons. The van der Waals surface area contributed by atoms with Crippen molar-refractivity contribution in [1.29, 1.82) is 0 Å². The molecule has 2 heterocycles. The number of sulfonamides is 1. The van der Waals surface area contributed by atoms with E-state index < -0.39 is 10.0 Å². The smallest absolute Gasteiger partial charge is 0.242 e. The van der Waals surface area contributed by atoms with Gasteiger partial charge < -0.3 is 10.1 Å². The van der Waals surface area contributed by atoms with Gasteiger partial charge in [0.05, 0.1) is 11.5 Å². The largest absolute Gasteiger partial charge is 0.380 e. The molecule has 5 nitrogen and oxygen atoms in total. The van der Waals surface area contributed by atoms with Gasteiger partial charge in [0.25, 0.3) is 0 Å². The van der Waals surface area contributed by atoms with Crippen LogP contribution in [0.3, 0.4) is 0 Å². The standard InChI is InChI=1S/C13H22N2O3S2/c1-9(2)14-7-12-6-13(10(3)19-12)20(16,17)15-11-4-5-18-8-11/h6,9,11,14-15H,4-5,7-8H2,1-3H3. The lowest BCUT2D eigenvalue weighted by Gasteiger charge is -2.10. The van der Waals surface area contributed by atoms with E-state index in [-0.39, 0.29) is 6.04 Å². The molecular weight excluding hydrogens is 296 g/mol. The Kier molecular flexibility index (Phi) is 5.19. The molecule has 2 N–H and O–H groups in total. The number of hydrogen-bond donors (Lipinski definition) is 2. The van der Waals surface area contributed by atoms with Gasteiger partial charge in [-0.3, -0.25) is 0 Å². The molecule has 7 heteroatoms. The average Bonchev–Trinajstić information content (AvgIpc) is 2.95. The van der Waals surface area contributed by atoms with E-state index in [9.17, 15) is 8.42 Å². The third-order valence-electron chi connectivity index (χ3n) is 3.15. The molecule has 0 aromatic carbocycles. The summed E-state index contributed by atoms with van der Waals surface area (Å²) in [5.41, 5.74) is 0. The van der Waals surface area contributed by atoms with Crippen LogP contribution in [-0.4, -0.2) is 33.7 Å². The maximum Gasteiger partial charge on any atom is 0.242 e. The molecule has 0 aliphatic carbocycles. The molecule has 0 saturated carbocycles. The molecule has 1 aliphatic rings. The van der Waals surface area contributed by atoms with Crippen molar-refractivity contribution in [2.75, 3.05) is 13.2 Å². The number of ether oxygens (including phenoxy) is 1. The van der Waals surface area contributed by atoms with Gasteiger partial charge in [0, 0.05) is 35.0 Å². The Morgan fingerprint density at radius 3 is 2.85 bits per heavy atom. The fourth-order valence-corrected chi connectivity index (χ4v) is 4.93. The number of rotatable bonds is 6. The molecule has 1 atom stereocenters. The van der Waals surface area contributed by atoms with Gasteiger partial charge in [-0.25, -0.2) is 13.1 Å². The highest BCUT2D eigenvalue weighted by molar-refractivity contribution is 7.89. The summed E-state index contributed by atoms with van der Waals surface area (Å²) in [7, 11) is -3.44. The number of aryl methyl sites for hydroxylation is 1. The van der Waals surface area contributed by atoms with Gasteiger partial charge in [-0.1, -0.05) is 13.8 Å². The Morgan fingerprint density at radius 1 is 1.50 bits per heavy atom. The van der Waals surface area contributed by atoms with Gasteiger partial charge in [0.2, 0.25) is 10.0 Å². The van der Waals surface area contributed by atoms with Gasteiger partial charge in [0.1, 0.15) is 0 Å². The molecule has 0 spiro atoms. The summed E-state index contributed by atoms with van der Waals surface area (Å²) in [6.07, 6.45) is 0.740. The van der Waals surface area contributed by atoms with Crippen molar-refractivity contribution >= 4 is 21.4 Å². The van der Waals surface area contributed by atoms with Gasteiger partial charge in [-0.2, -0.15) is 0 Å². The molecule has 1 aliphatic heterocycles. The monoisotopic (exact) mass is 318 g/mol. The Labute approximate surface area is 124 Å². The van der Waals surface area contributed by atoms with Gasteiger partial charge in [-0.15, -0.1) is 11.3 Å². The maximum absolute atomic E-state index is 12.4. The zero-order valence-corrected chi connectivity index (χ0v) is 13.7. The first-order valence-corrected chi connectivity index (χ1v) is 9.11. The zero-order valence-electron chi connectivity index (χ0n) is 12.1. The van der Waals surface area contributed by atoms with Gasteiger partial charge in [-0.05, 0) is 19.4 Å². The fourth-order valence-electron chi connectivity index (χ4n) is 2.09. The maximum atomic E-state index is 12.4. The summed E-state index contributed by atoms with van der Waals surface area (Å²) >= 11 is 1.53. The van der Waals surface area contributed by atoms with Crippen LogP contribution in [0.2, 0.25) is 0 Å². The molecule has 20 heavy (non-hydrogen) atoms. The molecule has 1 fully saturated rings. The summed E-state index contributed by atoms with van der Waals surface area (Å²) in [5, 5.41) is 3.30.